The molecule has 0 bridgehead atoms. The summed E-state index contributed by atoms with van der Waals surface area (Å²) in [5.41, 5.74) is 5.75. The van der Waals surface area contributed by atoms with Crippen molar-refractivity contribution in [2.45, 2.75) is 62.6 Å². The second-order valence-electron chi connectivity index (χ2n) is 10.0. The van der Waals surface area contributed by atoms with Gasteiger partial charge in [-0.3, -0.25) is 41.1 Å². The molecule has 3 heterocycles. The molecular formula is C22H41FN8O3. The van der Waals surface area contributed by atoms with Crippen molar-refractivity contribution >= 4 is 11.8 Å². The van der Waals surface area contributed by atoms with E-state index in [0.717, 1.165) is 32.2 Å². The van der Waals surface area contributed by atoms with Crippen molar-refractivity contribution < 1.29 is 18.7 Å². The highest BCUT2D eigenvalue weighted by Crippen LogP contribution is 2.30. The second-order valence-corrected chi connectivity index (χ2v) is 10.0. The topological polar surface area (TPSA) is 145 Å². The Kier molecular flexibility index (Phi) is 8.72. The molecule has 194 valence electrons. The van der Waals surface area contributed by atoms with E-state index >= 15 is 0 Å². The first kappa shape index (κ1) is 25.7. The van der Waals surface area contributed by atoms with Gasteiger partial charge in [-0.15, -0.1) is 0 Å². The van der Waals surface area contributed by atoms with Crippen molar-refractivity contribution in [3.63, 3.8) is 0 Å². The molecule has 0 spiro atoms. The van der Waals surface area contributed by atoms with Crippen LogP contribution in [0, 0.1) is 17.8 Å². The molecule has 12 heteroatoms. The van der Waals surface area contributed by atoms with Gasteiger partial charge in [0.2, 0.25) is 11.8 Å². The van der Waals surface area contributed by atoms with Gasteiger partial charge in [0.1, 0.15) is 12.5 Å². The summed E-state index contributed by atoms with van der Waals surface area (Å²) in [4.78, 5) is 26.5. The summed E-state index contributed by atoms with van der Waals surface area (Å²) in [5.74, 6) is -0.593. The highest BCUT2D eigenvalue weighted by molar-refractivity contribution is 5.79. The number of nitrogens with two attached hydrogens (primary N) is 1. The molecule has 8 N–H and O–H groups in total. The van der Waals surface area contributed by atoms with Crippen LogP contribution in [-0.4, -0.2) is 101 Å². The summed E-state index contributed by atoms with van der Waals surface area (Å²) < 4.78 is 19.6. The van der Waals surface area contributed by atoms with Crippen LogP contribution < -0.4 is 37.6 Å². The summed E-state index contributed by atoms with van der Waals surface area (Å²) >= 11 is 0. The Morgan fingerprint density at radius 1 is 1.12 bits per heavy atom. The third-order valence-corrected chi connectivity index (χ3v) is 7.92. The van der Waals surface area contributed by atoms with Crippen LogP contribution in [0.2, 0.25) is 0 Å². The van der Waals surface area contributed by atoms with Crippen molar-refractivity contribution in [3.8, 4) is 0 Å². The number of rotatable bonds is 7. The molecule has 1 saturated carbocycles. The molecule has 7 atom stereocenters. The van der Waals surface area contributed by atoms with Gasteiger partial charge in [-0.2, -0.15) is 0 Å². The number of nitrogens with one attached hydrogen (secondary N) is 6. The number of amides is 2. The number of nitrogens with zero attached hydrogens (tertiary/aromatic N) is 1. The molecular weight excluding hydrogens is 443 g/mol. The van der Waals surface area contributed by atoms with Crippen molar-refractivity contribution in [1.82, 2.24) is 36.8 Å². The lowest BCUT2D eigenvalue weighted by Gasteiger charge is -2.47. The van der Waals surface area contributed by atoms with Gasteiger partial charge in [0.05, 0.1) is 30.3 Å². The predicted octanol–water partition coefficient (Wildman–Crippen LogP) is -2.41. The fourth-order valence-corrected chi connectivity index (χ4v) is 6.07. The molecule has 4 aliphatic rings. The number of primary amides is 1. The zero-order valence-corrected chi connectivity index (χ0v) is 20.2. The van der Waals surface area contributed by atoms with Gasteiger partial charge in [-0.05, 0) is 19.3 Å². The van der Waals surface area contributed by atoms with E-state index in [0.29, 0.717) is 26.2 Å². The first-order valence-electron chi connectivity index (χ1n) is 12.5. The third-order valence-electron chi connectivity index (χ3n) is 7.92. The van der Waals surface area contributed by atoms with Crippen molar-refractivity contribution in [2.75, 3.05) is 46.9 Å². The number of hydrogen-bond acceptors (Lipinski definition) is 9. The summed E-state index contributed by atoms with van der Waals surface area (Å²) in [6.45, 7) is 2.58. The highest BCUT2D eigenvalue weighted by Gasteiger charge is 2.44. The average molecular weight is 485 g/mol. The number of alkyl halides is 1. The fraction of sp³-hybridized carbons (Fsp3) is 0.909. The number of halogens is 1. The number of carbonyl (C=O) groups excluding carboxylic acids is 2. The summed E-state index contributed by atoms with van der Waals surface area (Å²) in [7, 11) is 3.38. The van der Waals surface area contributed by atoms with E-state index in [1.165, 1.54) is 0 Å². The molecule has 34 heavy (non-hydrogen) atoms. The molecule has 3 aliphatic heterocycles. The van der Waals surface area contributed by atoms with Gasteiger partial charge in [0.15, 0.2) is 0 Å². The molecule has 0 aromatic rings. The molecule has 4 fully saturated rings. The summed E-state index contributed by atoms with van der Waals surface area (Å²) in [5, 5.41) is 19.9. The highest BCUT2D eigenvalue weighted by atomic mass is 19.1. The standard InChI is InChI=1S/C22H41FN8O3/c1-25-21(33)12-6-7-31(11-12)22-28-10-15(18(24)32)20(30-22)29-16-5-3-4-14(17(16)34-2)19-26-8-13(23)9-27-19/h12-17,19-20,22,26-30H,3-11H2,1-2H3,(H2,24,32)(H,25,33)/t12-,13?,14?,15?,16?,17?,19?,20?,22?/m0/s1. The van der Waals surface area contributed by atoms with Gasteiger partial charge >= 0.3 is 0 Å². The van der Waals surface area contributed by atoms with Crippen LogP contribution in [-0.2, 0) is 14.3 Å². The molecule has 6 unspecified atom stereocenters. The van der Waals surface area contributed by atoms with E-state index < -0.39 is 12.1 Å². The van der Waals surface area contributed by atoms with Crippen LogP contribution in [0.4, 0.5) is 4.39 Å². The van der Waals surface area contributed by atoms with Crippen LogP contribution in [0.1, 0.15) is 25.7 Å². The van der Waals surface area contributed by atoms with E-state index in [-0.39, 0.29) is 54.4 Å². The second kappa shape index (κ2) is 11.5. The van der Waals surface area contributed by atoms with Crippen molar-refractivity contribution in [1.29, 1.82) is 0 Å². The van der Waals surface area contributed by atoms with Crippen LogP contribution in [0.15, 0.2) is 0 Å². The minimum Gasteiger partial charge on any atom is -0.379 e. The van der Waals surface area contributed by atoms with Gasteiger partial charge in [0.25, 0.3) is 0 Å². The Morgan fingerprint density at radius 3 is 2.56 bits per heavy atom. The first-order valence-corrected chi connectivity index (χ1v) is 12.5. The zero-order chi connectivity index (χ0) is 24.2. The Hall–Kier alpha value is -1.41. The van der Waals surface area contributed by atoms with Crippen molar-refractivity contribution in [2.24, 2.45) is 23.5 Å². The van der Waals surface area contributed by atoms with E-state index in [1.54, 1.807) is 14.2 Å². The van der Waals surface area contributed by atoms with E-state index in [1.807, 2.05) is 0 Å². The minimum absolute atomic E-state index is 0.00605. The number of methoxy groups -OCH3 is 1. The lowest BCUT2D eigenvalue weighted by atomic mass is 9.80. The summed E-state index contributed by atoms with van der Waals surface area (Å²) in [6.07, 6.45) is 2.24. The fourth-order valence-electron chi connectivity index (χ4n) is 6.07. The molecule has 1 aliphatic carbocycles. The smallest absolute Gasteiger partial charge is 0.224 e. The number of ether oxygens (including phenoxy) is 1. The molecule has 4 rings (SSSR count). The van der Waals surface area contributed by atoms with Crippen LogP contribution in [0.25, 0.3) is 0 Å². The maximum atomic E-state index is 13.6. The maximum Gasteiger partial charge on any atom is 0.224 e. The number of hydrogen-bond donors (Lipinski definition) is 7. The molecule has 0 aromatic heterocycles. The molecule has 0 aromatic carbocycles. The molecule has 2 amide bonds. The Bertz CT molecular complexity index is 710. The lowest BCUT2D eigenvalue weighted by Crippen LogP contribution is -2.72. The van der Waals surface area contributed by atoms with Gasteiger partial charge in [-0.1, -0.05) is 6.42 Å². The summed E-state index contributed by atoms with van der Waals surface area (Å²) in [6, 6.07) is 0.0192. The van der Waals surface area contributed by atoms with E-state index in [4.69, 9.17) is 10.5 Å². The van der Waals surface area contributed by atoms with Crippen LogP contribution >= 0.6 is 0 Å². The number of carbonyl (C=O) groups is 2. The average Bonchev–Trinajstić information content (AvgIpc) is 3.34. The SMILES string of the molecule is CNC(=O)[C@H]1CCN(C2NCC(C(N)=O)C(NC3CCCC(C4NCC(F)CN4)C3OC)N2)C1. The Balaban J connectivity index is 1.41. The van der Waals surface area contributed by atoms with Gasteiger partial charge < -0.3 is 15.8 Å². The van der Waals surface area contributed by atoms with Crippen LogP contribution in [0.3, 0.4) is 0 Å². The molecule has 3 saturated heterocycles. The van der Waals surface area contributed by atoms with Gasteiger partial charge in [-0.25, -0.2) is 4.39 Å². The van der Waals surface area contributed by atoms with Crippen LogP contribution in [0.5, 0.6) is 0 Å². The lowest BCUT2D eigenvalue weighted by molar-refractivity contribution is -0.125. The number of likely N-dealkylation sites (tertiary alicyclic amines) is 1. The Labute approximate surface area is 200 Å². The zero-order valence-electron chi connectivity index (χ0n) is 20.2. The first-order chi connectivity index (χ1) is 16.4. The van der Waals surface area contributed by atoms with Gasteiger partial charge in [0, 0.05) is 58.8 Å². The molecule has 11 nitrogen and oxygen atoms in total. The monoisotopic (exact) mass is 484 g/mol. The maximum absolute atomic E-state index is 13.6. The predicted molar refractivity (Wildman–Crippen MR) is 125 cm³/mol. The Morgan fingerprint density at radius 2 is 1.88 bits per heavy atom. The third kappa shape index (κ3) is 5.69. The van der Waals surface area contributed by atoms with E-state index in [2.05, 4.69) is 36.8 Å². The minimum atomic E-state index is -0.879. The van der Waals surface area contributed by atoms with Crippen molar-refractivity contribution in [3.05, 3.63) is 0 Å². The molecule has 0 radical (unpaired) electrons. The largest absolute Gasteiger partial charge is 0.379 e. The van der Waals surface area contributed by atoms with E-state index in [9.17, 15) is 14.0 Å². The normalized spacial score (nSPS) is 41.8. The quantitative estimate of drug-likeness (QED) is 0.210.